The molecule has 0 saturated heterocycles. The second-order valence-electron chi connectivity index (χ2n) is 18.9. The van der Waals surface area contributed by atoms with E-state index in [1.165, 1.54) is 161 Å². The summed E-state index contributed by atoms with van der Waals surface area (Å²) < 4.78 is 34.4. The third kappa shape index (κ3) is 49.5. The van der Waals surface area contributed by atoms with E-state index in [0.29, 0.717) is 17.4 Å². The second-order valence-corrected chi connectivity index (χ2v) is 20.4. The zero-order chi connectivity index (χ0) is 46.4. The smallest absolute Gasteiger partial charge is 0.462 e. The van der Waals surface area contributed by atoms with Gasteiger partial charge >= 0.3 is 19.8 Å². The first-order valence-electron chi connectivity index (χ1n) is 26.2. The molecule has 1 N–H and O–H groups in total. The van der Waals surface area contributed by atoms with Crippen molar-refractivity contribution >= 4 is 19.8 Å². The van der Waals surface area contributed by atoms with E-state index in [4.69, 9.17) is 18.5 Å². The van der Waals surface area contributed by atoms with Gasteiger partial charge < -0.3 is 18.9 Å². The van der Waals surface area contributed by atoms with Crippen LogP contribution in [0.3, 0.4) is 0 Å². The van der Waals surface area contributed by atoms with Crippen molar-refractivity contribution < 1.29 is 42.1 Å². The van der Waals surface area contributed by atoms with Crippen LogP contribution in [0, 0.1) is 0 Å². The Kier molecular flexibility index (Phi) is 44.1. The highest BCUT2D eigenvalue weighted by Crippen LogP contribution is 2.43. The molecular weight excluding hydrogens is 810 g/mol. The molecule has 0 aliphatic rings. The fourth-order valence-corrected chi connectivity index (χ4v) is 8.07. The highest BCUT2D eigenvalue weighted by atomic mass is 31.2. The summed E-state index contributed by atoms with van der Waals surface area (Å²) in [6.07, 6.45) is 53.6. The maximum atomic E-state index is 12.7. The molecule has 0 spiro atoms. The molecule has 0 aliphatic heterocycles. The molecule has 0 aliphatic carbocycles. The number of allylic oxidation sites excluding steroid dienone is 6. The third-order valence-electron chi connectivity index (χ3n) is 11.4. The molecule has 0 heterocycles. The van der Waals surface area contributed by atoms with Gasteiger partial charge in [-0.2, -0.15) is 0 Å². The summed E-state index contributed by atoms with van der Waals surface area (Å²) in [5, 5.41) is 0. The monoisotopic (exact) mass is 911 g/mol. The number of carbonyl (C=O) groups is 2. The van der Waals surface area contributed by atoms with Crippen LogP contribution >= 0.6 is 7.82 Å². The van der Waals surface area contributed by atoms with Crippen molar-refractivity contribution in [3.05, 3.63) is 36.5 Å². The van der Waals surface area contributed by atoms with Crippen LogP contribution in [0.25, 0.3) is 0 Å². The van der Waals surface area contributed by atoms with Gasteiger partial charge in [0, 0.05) is 12.8 Å². The van der Waals surface area contributed by atoms with E-state index in [2.05, 4.69) is 50.3 Å². The van der Waals surface area contributed by atoms with Crippen molar-refractivity contribution in [1.29, 1.82) is 0 Å². The van der Waals surface area contributed by atoms with Gasteiger partial charge in [0.1, 0.15) is 19.8 Å². The number of carbonyl (C=O) groups excluding carboxylic acids is 2. The minimum atomic E-state index is -4.39. The Morgan fingerprint density at radius 2 is 0.873 bits per heavy atom. The zero-order valence-corrected chi connectivity index (χ0v) is 42.7. The van der Waals surface area contributed by atoms with Gasteiger partial charge in [0.15, 0.2) is 6.10 Å². The molecule has 0 amide bonds. The van der Waals surface area contributed by atoms with Crippen LogP contribution in [0.1, 0.15) is 239 Å². The molecule has 9 nitrogen and oxygen atoms in total. The fourth-order valence-electron chi connectivity index (χ4n) is 7.33. The predicted molar refractivity (Wildman–Crippen MR) is 266 cm³/mol. The number of ether oxygens (including phenoxy) is 2. The molecule has 0 rings (SSSR count). The zero-order valence-electron chi connectivity index (χ0n) is 41.8. The van der Waals surface area contributed by atoms with Crippen molar-refractivity contribution in [1.82, 2.24) is 0 Å². The van der Waals surface area contributed by atoms with E-state index in [9.17, 15) is 19.0 Å². The number of quaternary nitrogens is 1. The summed E-state index contributed by atoms with van der Waals surface area (Å²) in [6.45, 7) is 4.40. The van der Waals surface area contributed by atoms with Crippen LogP contribution in [0.5, 0.6) is 0 Å². The van der Waals surface area contributed by atoms with Gasteiger partial charge in [-0.3, -0.25) is 18.6 Å². The number of phosphoric acid groups is 1. The Labute approximate surface area is 389 Å². The maximum absolute atomic E-state index is 12.7. The molecule has 0 aromatic rings. The Bertz CT molecular complexity index is 1170. The van der Waals surface area contributed by atoms with E-state index in [1.807, 2.05) is 21.1 Å². The van der Waals surface area contributed by atoms with Crippen LogP contribution in [-0.4, -0.2) is 74.9 Å². The fraction of sp³-hybridized carbons (Fsp3) is 0.849. The molecule has 370 valence electrons. The number of hydrogen-bond acceptors (Lipinski definition) is 7. The van der Waals surface area contributed by atoms with E-state index in [-0.39, 0.29) is 32.0 Å². The molecule has 0 saturated carbocycles. The molecule has 0 fully saturated rings. The van der Waals surface area contributed by atoms with E-state index >= 15 is 0 Å². The molecule has 1 unspecified atom stereocenters. The summed E-state index contributed by atoms with van der Waals surface area (Å²) >= 11 is 0. The second kappa shape index (κ2) is 45.4. The Hall–Kier alpha value is -1.77. The maximum Gasteiger partial charge on any atom is 0.472 e. The summed E-state index contributed by atoms with van der Waals surface area (Å²) in [4.78, 5) is 35.5. The first-order valence-corrected chi connectivity index (χ1v) is 27.7. The van der Waals surface area contributed by atoms with Crippen molar-refractivity contribution in [3.8, 4) is 0 Å². The summed E-state index contributed by atoms with van der Waals surface area (Å²) in [6, 6.07) is 0. The number of hydrogen-bond donors (Lipinski definition) is 1. The lowest BCUT2D eigenvalue weighted by Gasteiger charge is -2.24. The third-order valence-corrected chi connectivity index (χ3v) is 12.4. The quantitative estimate of drug-likeness (QED) is 0.0211. The first-order chi connectivity index (χ1) is 30.5. The lowest BCUT2D eigenvalue weighted by molar-refractivity contribution is -0.870. The van der Waals surface area contributed by atoms with Crippen LogP contribution < -0.4 is 0 Å². The highest BCUT2D eigenvalue weighted by molar-refractivity contribution is 7.47. The Morgan fingerprint density at radius 1 is 0.492 bits per heavy atom. The normalized spacial score (nSPS) is 13.7. The first kappa shape index (κ1) is 61.2. The predicted octanol–water partition coefficient (Wildman–Crippen LogP) is 15.6. The van der Waals surface area contributed by atoms with Crippen LogP contribution in [0.2, 0.25) is 0 Å². The summed E-state index contributed by atoms with van der Waals surface area (Å²) in [5.74, 6) is -0.849. The van der Waals surface area contributed by atoms with Gasteiger partial charge in [-0.25, -0.2) is 4.57 Å². The molecule has 10 heteroatoms. The molecule has 0 aromatic heterocycles. The minimum Gasteiger partial charge on any atom is -0.462 e. The van der Waals surface area contributed by atoms with Crippen molar-refractivity contribution in [2.45, 2.75) is 245 Å². The number of esters is 2. The average molecular weight is 911 g/mol. The highest BCUT2D eigenvalue weighted by Gasteiger charge is 2.27. The summed E-state index contributed by atoms with van der Waals surface area (Å²) in [5.41, 5.74) is 0. The molecule has 63 heavy (non-hydrogen) atoms. The standard InChI is InChI=1S/C53H100NO8P/c1-6-8-10-12-14-16-18-20-22-24-25-26-27-28-30-31-33-35-37-39-41-43-45-52(55)59-49-51(50-61-63(57,58)60-48-47-54(3,4)5)62-53(56)46-44-42-40-38-36-34-32-29-23-21-19-17-15-13-11-9-7-2/h21,23,32,34,38,40,51H,6-20,22,24-31,33,35-37,39,41-50H2,1-5H3/p+1/b23-21+,34-32+,40-38+/t51-/m1/s1. The van der Waals surface area contributed by atoms with Crippen molar-refractivity contribution in [2.24, 2.45) is 0 Å². The number of phosphoric ester groups is 1. The number of nitrogens with zero attached hydrogens (tertiary/aromatic N) is 1. The lowest BCUT2D eigenvalue weighted by Crippen LogP contribution is -2.37. The average Bonchev–Trinajstić information content (AvgIpc) is 3.24. The van der Waals surface area contributed by atoms with Crippen molar-refractivity contribution in [2.75, 3.05) is 47.5 Å². The van der Waals surface area contributed by atoms with Gasteiger partial charge in [0.25, 0.3) is 0 Å². The number of unbranched alkanes of at least 4 members (excludes halogenated alkanes) is 28. The lowest BCUT2D eigenvalue weighted by atomic mass is 10.0. The van der Waals surface area contributed by atoms with Gasteiger partial charge in [-0.05, 0) is 44.9 Å². The number of likely N-dealkylation sites (N-methyl/N-ethyl adjacent to an activating group) is 1. The van der Waals surface area contributed by atoms with Crippen molar-refractivity contribution in [3.63, 3.8) is 0 Å². The molecule has 2 atom stereocenters. The van der Waals surface area contributed by atoms with E-state index in [0.717, 1.165) is 44.9 Å². The topological polar surface area (TPSA) is 108 Å². The molecule has 0 aromatic carbocycles. The number of rotatable bonds is 48. The van der Waals surface area contributed by atoms with Gasteiger partial charge in [0.05, 0.1) is 27.7 Å². The molecule has 0 radical (unpaired) electrons. The van der Waals surface area contributed by atoms with E-state index in [1.54, 1.807) is 0 Å². The minimum absolute atomic E-state index is 0.0237. The largest absolute Gasteiger partial charge is 0.472 e. The van der Waals surface area contributed by atoms with Crippen LogP contribution in [-0.2, 0) is 32.7 Å². The summed E-state index contributed by atoms with van der Waals surface area (Å²) in [7, 11) is 1.45. The van der Waals surface area contributed by atoms with Gasteiger partial charge in [-0.1, -0.05) is 217 Å². The molecule has 0 bridgehead atoms. The van der Waals surface area contributed by atoms with Gasteiger partial charge in [0.2, 0.25) is 0 Å². The van der Waals surface area contributed by atoms with Crippen LogP contribution in [0.15, 0.2) is 36.5 Å². The van der Waals surface area contributed by atoms with Crippen LogP contribution in [0.4, 0.5) is 0 Å². The van der Waals surface area contributed by atoms with E-state index < -0.39 is 26.5 Å². The Balaban J connectivity index is 4.26. The van der Waals surface area contributed by atoms with Gasteiger partial charge in [-0.15, -0.1) is 0 Å². The SMILES string of the molecule is CCCCCCCC/C=C/C/C=C/C/C=C/CCCC(=O)O[C@H](COC(=O)CCCCCCCCCCCCCCCCCCCCCCCC)COP(=O)(O)OCC[N+](C)(C)C. The Morgan fingerprint density at radius 3 is 1.32 bits per heavy atom. The molecular formula is C53H101NO8P+.